The fraction of sp³-hybridized carbons (Fsp3) is 0.848. The number of carboxylic acids is 1. The van der Waals surface area contributed by atoms with E-state index in [1.807, 2.05) is 6.92 Å². The minimum absolute atomic E-state index is 0.00873. The van der Waals surface area contributed by atoms with E-state index in [0.717, 1.165) is 57.8 Å². The number of esters is 2. The van der Waals surface area contributed by atoms with Crippen LogP contribution in [0, 0.1) is 50.2 Å². The Balaban J connectivity index is 1.55. The predicted molar refractivity (Wildman–Crippen MR) is 149 cm³/mol. The third-order valence-corrected chi connectivity index (χ3v) is 13.9. The van der Waals surface area contributed by atoms with E-state index in [1.165, 1.54) is 14.0 Å². The molecule has 10 unspecified atom stereocenters. The van der Waals surface area contributed by atoms with Crippen LogP contribution in [0.4, 0.5) is 0 Å². The number of carbonyl (C=O) groups is 3. The van der Waals surface area contributed by atoms with Gasteiger partial charge < -0.3 is 14.6 Å². The lowest BCUT2D eigenvalue weighted by atomic mass is 9.33. The Labute approximate surface area is 234 Å². The van der Waals surface area contributed by atoms with E-state index in [9.17, 15) is 19.5 Å². The number of allylic oxidation sites excluding steroid dienone is 2. The van der Waals surface area contributed by atoms with Crippen LogP contribution >= 0.6 is 0 Å². The van der Waals surface area contributed by atoms with E-state index in [1.54, 1.807) is 5.57 Å². The molecule has 6 heteroatoms. The molecule has 0 heterocycles. The molecule has 1 N–H and O–H groups in total. The van der Waals surface area contributed by atoms with Crippen molar-refractivity contribution in [3.05, 3.63) is 11.6 Å². The molecule has 0 bridgehead atoms. The number of methoxy groups -OCH3 is 1. The van der Waals surface area contributed by atoms with Gasteiger partial charge in [0.15, 0.2) is 0 Å². The zero-order valence-corrected chi connectivity index (χ0v) is 25.4. The number of aliphatic carboxylic acids is 1. The fourth-order valence-corrected chi connectivity index (χ4v) is 11.1. The lowest BCUT2D eigenvalue weighted by Crippen LogP contribution is -2.66. The van der Waals surface area contributed by atoms with Gasteiger partial charge in [-0.3, -0.25) is 14.4 Å². The average Bonchev–Trinajstić information content (AvgIpc) is 2.86. The van der Waals surface area contributed by atoms with E-state index in [2.05, 4.69) is 40.7 Å². The smallest absolute Gasteiger partial charge is 0.313 e. The summed E-state index contributed by atoms with van der Waals surface area (Å²) in [4.78, 5) is 37.7. The maximum Gasteiger partial charge on any atom is 0.313 e. The topological polar surface area (TPSA) is 89.9 Å². The van der Waals surface area contributed by atoms with Gasteiger partial charge in [-0.25, -0.2) is 0 Å². The number of hydrogen-bond donors (Lipinski definition) is 1. The maximum absolute atomic E-state index is 12.9. The van der Waals surface area contributed by atoms with Crippen LogP contribution in [-0.4, -0.2) is 36.2 Å². The second-order valence-corrected chi connectivity index (χ2v) is 15.5. The maximum atomic E-state index is 12.9. The Morgan fingerprint density at radius 3 is 2.18 bits per heavy atom. The molecule has 0 saturated heterocycles. The quantitative estimate of drug-likeness (QED) is 0.306. The van der Waals surface area contributed by atoms with Gasteiger partial charge in [0.2, 0.25) is 0 Å². The molecule has 0 radical (unpaired) electrons. The van der Waals surface area contributed by atoms with Gasteiger partial charge in [0.05, 0.1) is 12.5 Å². The molecule has 0 aromatic carbocycles. The number of fused-ring (bicyclic) bond motifs is 7. The lowest BCUT2D eigenvalue weighted by Gasteiger charge is -2.71. The van der Waals surface area contributed by atoms with Crippen LogP contribution in [-0.2, 0) is 23.9 Å². The van der Waals surface area contributed by atoms with E-state index < -0.39 is 28.9 Å². The Bertz CT molecular complexity index is 1110. The third kappa shape index (κ3) is 3.67. The monoisotopic (exact) mass is 542 g/mol. The molecule has 4 fully saturated rings. The van der Waals surface area contributed by atoms with Crippen LogP contribution in [0.25, 0.3) is 0 Å². The van der Waals surface area contributed by atoms with E-state index in [0.29, 0.717) is 18.3 Å². The number of hydrogen-bond acceptors (Lipinski definition) is 5. The van der Waals surface area contributed by atoms with Crippen molar-refractivity contribution >= 4 is 17.9 Å². The molecule has 0 aromatic rings. The van der Waals surface area contributed by atoms with Crippen LogP contribution in [0.15, 0.2) is 11.6 Å². The predicted octanol–water partition coefficient (Wildman–Crippen LogP) is 6.96. The minimum atomic E-state index is -1.10. The second-order valence-electron chi connectivity index (χ2n) is 15.5. The number of carbonyl (C=O) groups excluding carboxylic acids is 2. The summed E-state index contributed by atoms with van der Waals surface area (Å²) in [7, 11) is 1.51. The molecule has 0 aromatic heterocycles. The Morgan fingerprint density at radius 2 is 1.56 bits per heavy atom. The first-order valence-corrected chi connectivity index (χ1v) is 15.2. The van der Waals surface area contributed by atoms with Crippen molar-refractivity contribution in [1.82, 2.24) is 0 Å². The Kier molecular flexibility index (Phi) is 6.49. The first-order chi connectivity index (χ1) is 18.0. The molecular formula is C33H50O6. The van der Waals surface area contributed by atoms with Gasteiger partial charge in [0.1, 0.15) is 11.5 Å². The SMILES string of the molecule is COC(=O)C1(C)CCC2(C)CCC3(C)C(=CCC4C5(C)CCC(OC(C)=O)C(C)(C(=O)O)C5CCC43C)C2C1. The number of ether oxygens (including phenoxy) is 2. The first kappa shape index (κ1) is 28.7. The highest BCUT2D eigenvalue weighted by Crippen LogP contribution is 2.75. The third-order valence-electron chi connectivity index (χ3n) is 13.9. The summed E-state index contributed by atoms with van der Waals surface area (Å²) in [5.74, 6) is -0.655. The summed E-state index contributed by atoms with van der Waals surface area (Å²) < 4.78 is 11.0. The molecule has 39 heavy (non-hydrogen) atoms. The number of rotatable bonds is 3. The summed E-state index contributed by atoms with van der Waals surface area (Å²) >= 11 is 0. The Morgan fingerprint density at radius 1 is 0.897 bits per heavy atom. The molecule has 5 aliphatic carbocycles. The van der Waals surface area contributed by atoms with Crippen LogP contribution < -0.4 is 0 Å². The molecule has 0 aliphatic heterocycles. The summed E-state index contributed by atoms with van der Waals surface area (Å²) in [6.07, 6.45) is 11.2. The van der Waals surface area contributed by atoms with Crippen molar-refractivity contribution in [3.63, 3.8) is 0 Å². The first-order valence-electron chi connectivity index (χ1n) is 15.2. The van der Waals surface area contributed by atoms with Crippen molar-refractivity contribution in [2.24, 2.45) is 50.2 Å². The van der Waals surface area contributed by atoms with Gasteiger partial charge in [-0.05, 0) is 117 Å². The summed E-state index contributed by atoms with van der Waals surface area (Å²) in [6, 6.07) is 0. The Hall–Kier alpha value is -1.85. The number of carboxylic acid groups (broad SMARTS) is 1. The molecule has 4 saturated carbocycles. The zero-order valence-electron chi connectivity index (χ0n) is 25.4. The molecule has 10 atom stereocenters. The van der Waals surface area contributed by atoms with Crippen LogP contribution in [0.5, 0.6) is 0 Å². The highest BCUT2D eigenvalue weighted by Gasteiger charge is 2.70. The highest BCUT2D eigenvalue weighted by atomic mass is 16.5. The molecule has 5 rings (SSSR count). The van der Waals surface area contributed by atoms with Gasteiger partial charge in [-0.1, -0.05) is 39.3 Å². The lowest BCUT2D eigenvalue weighted by molar-refractivity contribution is -0.222. The fourth-order valence-electron chi connectivity index (χ4n) is 11.1. The van der Waals surface area contributed by atoms with Crippen molar-refractivity contribution in [2.45, 2.75) is 119 Å². The molecule has 6 nitrogen and oxygen atoms in total. The van der Waals surface area contributed by atoms with E-state index >= 15 is 0 Å². The second kappa shape index (κ2) is 8.82. The van der Waals surface area contributed by atoms with Crippen LogP contribution in [0.1, 0.15) is 113 Å². The summed E-state index contributed by atoms with van der Waals surface area (Å²) in [5.41, 5.74) is 0.106. The van der Waals surface area contributed by atoms with Crippen molar-refractivity contribution in [1.29, 1.82) is 0 Å². The highest BCUT2D eigenvalue weighted by molar-refractivity contribution is 5.77. The van der Waals surface area contributed by atoms with Crippen LogP contribution in [0.2, 0.25) is 0 Å². The molecule has 0 amide bonds. The van der Waals surface area contributed by atoms with Crippen molar-refractivity contribution < 1.29 is 29.0 Å². The molecule has 0 spiro atoms. The van der Waals surface area contributed by atoms with Crippen molar-refractivity contribution in [2.75, 3.05) is 7.11 Å². The average molecular weight is 543 g/mol. The summed E-state index contributed by atoms with van der Waals surface area (Å²) in [6.45, 7) is 15.1. The van der Waals surface area contributed by atoms with Crippen LogP contribution in [0.3, 0.4) is 0 Å². The van der Waals surface area contributed by atoms with Gasteiger partial charge in [0.25, 0.3) is 0 Å². The van der Waals surface area contributed by atoms with Gasteiger partial charge in [0, 0.05) is 6.92 Å². The van der Waals surface area contributed by atoms with Gasteiger partial charge >= 0.3 is 17.9 Å². The summed E-state index contributed by atoms with van der Waals surface area (Å²) in [5, 5.41) is 10.6. The van der Waals surface area contributed by atoms with Crippen molar-refractivity contribution in [3.8, 4) is 0 Å². The largest absolute Gasteiger partial charge is 0.481 e. The van der Waals surface area contributed by atoms with Gasteiger partial charge in [-0.2, -0.15) is 0 Å². The normalized spacial score (nSPS) is 50.7. The molecule has 5 aliphatic rings. The standard InChI is InChI=1S/C33H50O6/c1-20(34)39-25-12-13-30(4)23-10-9-21-22-19-29(3,27(37)38-8)16-15-28(22,2)17-18-31(21,5)32(23,6)14-11-24(30)33(25,7)26(35)36/h9,22-25H,10-19H2,1-8H3,(H,35,36). The zero-order chi connectivity index (χ0) is 28.8. The van der Waals surface area contributed by atoms with Gasteiger partial charge in [-0.15, -0.1) is 0 Å². The van der Waals surface area contributed by atoms with E-state index in [4.69, 9.17) is 9.47 Å². The molecular weight excluding hydrogens is 492 g/mol. The van der Waals surface area contributed by atoms with E-state index in [-0.39, 0.29) is 33.5 Å². The molecule has 218 valence electrons. The minimum Gasteiger partial charge on any atom is -0.481 e.